The number of ketones is 2. The van der Waals surface area contributed by atoms with Gasteiger partial charge in [0.1, 0.15) is 5.78 Å². The predicted molar refractivity (Wildman–Crippen MR) is 51.7 cm³/mol. The third kappa shape index (κ3) is 0.819. The van der Waals surface area contributed by atoms with Crippen molar-refractivity contribution in [2.24, 2.45) is 17.3 Å². The maximum Gasteiger partial charge on any atom is 0.156 e. The molecule has 0 aromatic rings. The van der Waals surface area contributed by atoms with Crippen molar-refractivity contribution in [1.29, 1.82) is 0 Å². The second kappa shape index (κ2) is 2.36. The lowest BCUT2D eigenvalue weighted by Crippen LogP contribution is -2.26. The Hall–Kier alpha value is -0.920. The molecule has 0 spiro atoms. The van der Waals surface area contributed by atoms with Crippen molar-refractivity contribution in [1.82, 2.24) is 0 Å². The minimum absolute atomic E-state index is 0.114. The lowest BCUT2D eigenvalue weighted by Gasteiger charge is -2.23. The van der Waals surface area contributed by atoms with Gasteiger partial charge >= 0.3 is 0 Å². The van der Waals surface area contributed by atoms with E-state index in [1.807, 2.05) is 0 Å². The maximum absolute atomic E-state index is 11.8. The second-order valence-electron chi connectivity index (χ2n) is 5.16. The highest BCUT2D eigenvalue weighted by Crippen LogP contribution is 2.59. The summed E-state index contributed by atoms with van der Waals surface area (Å²) in [4.78, 5) is 23.0. The van der Waals surface area contributed by atoms with E-state index in [0.29, 0.717) is 24.0 Å². The van der Waals surface area contributed by atoms with Crippen LogP contribution in [0.5, 0.6) is 0 Å². The van der Waals surface area contributed by atoms with Crippen LogP contribution in [0.2, 0.25) is 0 Å². The summed E-state index contributed by atoms with van der Waals surface area (Å²) in [5.41, 5.74) is 1.15. The number of fused-ring (bicyclic) bond motifs is 3. The van der Waals surface area contributed by atoms with Crippen LogP contribution in [0, 0.1) is 17.3 Å². The molecule has 0 aromatic heterocycles. The zero-order valence-corrected chi connectivity index (χ0v) is 8.38. The topological polar surface area (TPSA) is 34.1 Å². The van der Waals surface area contributed by atoms with E-state index < -0.39 is 0 Å². The van der Waals surface area contributed by atoms with Crippen LogP contribution in [-0.2, 0) is 9.59 Å². The second-order valence-corrected chi connectivity index (χ2v) is 5.16. The first-order chi connectivity index (χ1) is 6.61. The highest BCUT2D eigenvalue weighted by atomic mass is 16.1. The van der Waals surface area contributed by atoms with Crippen LogP contribution in [0.3, 0.4) is 0 Å². The van der Waals surface area contributed by atoms with Gasteiger partial charge in [0.2, 0.25) is 0 Å². The Balaban J connectivity index is 2.03. The van der Waals surface area contributed by atoms with Gasteiger partial charge in [-0.1, -0.05) is 12.5 Å². The molecule has 3 aliphatic rings. The number of hydrogen-bond donors (Lipinski definition) is 0. The molecule has 0 N–H and O–H groups in total. The molecule has 74 valence electrons. The molecule has 0 saturated heterocycles. The van der Waals surface area contributed by atoms with E-state index >= 15 is 0 Å². The highest BCUT2D eigenvalue weighted by Gasteiger charge is 2.56. The van der Waals surface area contributed by atoms with Crippen LogP contribution < -0.4 is 0 Å². The van der Waals surface area contributed by atoms with Gasteiger partial charge in [-0.3, -0.25) is 9.59 Å². The molecule has 0 aromatic carbocycles. The van der Waals surface area contributed by atoms with Gasteiger partial charge in [0.25, 0.3) is 0 Å². The van der Waals surface area contributed by atoms with Crippen molar-refractivity contribution in [2.75, 3.05) is 0 Å². The SMILES string of the molecule is C[C@@]12CC3=CC(=O)C[C@@H]3[C@@H]1CCC2=O. The molecule has 3 atom stereocenters. The quantitative estimate of drug-likeness (QED) is 0.584. The summed E-state index contributed by atoms with van der Waals surface area (Å²) < 4.78 is 0. The van der Waals surface area contributed by atoms with Crippen LogP contribution in [0.4, 0.5) is 0 Å². The molecule has 0 radical (unpaired) electrons. The minimum Gasteiger partial charge on any atom is -0.299 e. The van der Waals surface area contributed by atoms with E-state index in [0.717, 1.165) is 19.3 Å². The van der Waals surface area contributed by atoms with Crippen molar-refractivity contribution in [3.8, 4) is 0 Å². The van der Waals surface area contributed by atoms with Gasteiger partial charge in [0.05, 0.1) is 0 Å². The first-order valence-corrected chi connectivity index (χ1v) is 5.38. The van der Waals surface area contributed by atoms with E-state index in [9.17, 15) is 9.59 Å². The van der Waals surface area contributed by atoms with Crippen molar-refractivity contribution in [3.63, 3.8) is 0 Å². The Morgan fingerprint density at radius 3 is 3.00 bits per heavy atom. The van der Waals surface area contributed by atoms with Crippen LogP contribution in [0.15, 0.2) is 11.6 Å². The van der Waals surface area contributed by atoms with Gasteiger partial charge in [-0.05, 0) is 30.8 Å². The summed E-state index contributed by atoms with van der Waals surface area (Å²) >= 11 is 0. The molecule has 0 bridgehead atoms. The van der Waals surface area contributed by atoms with Crippen LogP contribution in [-0.4, -0.2) is 11.6 Å². The van der Waals surface area contributed by atoms with Gasteiger partial charge < -0.3 is 0 Å². The average Bonchev–Trinajstić information content (AvgIpc) is 2.64. The third-order valence-electron chi connectivity index (χ3n) is 4.44. The summed E-state index contributed by atoms with van der Waals surface area (Å²) in [6.45, 7) is 2.09. The molecule has 0 amide bonds. The predicted octanol–water partition coefficient (Wildman–Crippen LogP) is 1.89. The summed E-state index contributed by atoms with van der Waals surface area (Å²) in [6, 6.07) is 0. The van der Waals surface area contributed by atoms with E-state index in [1.54, 1.807) is 6.08 Å². The molecule has 0 heterocycles. The van der Waals surface area contributed by atoms with E-state index in [2.05, 4.69) is 6.92 Å². The summed E-state index contributed by atoms with van der Waals surface area (Å²) in [5.74, 6) is 1.57. The monoisotopic (exact) mass is 190 g/mol. The van der Waals surface area contributed by atoms with Crippen molar-refractivity contribution in [2.45, 2.75) is 32.6 Å². The van der Waals surface area contributed by atoms with Gasteiger partial charge in [0, 0.05) is 18.3 Å². The van der Waals surface area contributed by atoms with Gasteiger partial charge in [-0.15, -0.1) is 0 Å². The Kier molecular flexibility index (Phi) is 1.41. The maximum atomic E-state index is 11.8. The number of carbonyl (C=O) groups is 2. The van der Waals surface area contributed by atoms with Crippen molar-refractivity contribution in [3.05, 3.63) is 11.6 Å². The molecule has 2 heteroatoms. The molecule has 2 saturated carbocycles. The van der Waals surface area contributed by atoms with Crippen LogP contribution >= 0.6 is 0 Å². The van der Waals surface area contributed by atoms with E-state index in [1.165, 1.54) is 5.57 Å². The van der Waals surface area contributed by atoms with Crippen LogP contribution in [0.25, 0.3) is 0 Å². The van der Waals surface area contributed by atoms with Gasteiger partial charge in [0.15, 0.2) is 5.78 Å². The minimum atomic E-state index is -0.114. The highest BCUT2D eigenvalue weighted by molar-refractivity contribution is 5.96. The van der Waals surface area contributed by atoms with Crippen molar-refractivity contribution >= 4 is 11.6 Å². The summed E-state index contributed by atoms with van der Waals surface area (Å²) in [6.07, 6.45) is 5.06. The lowest BCUT2D eigenvalue weighted by atomic mass is 9.78. The van der Waals surface area contributed by atoms with Gasteiger partial charge in [-0.25, -0.2) is 0 Å². The van der Waals surface area contributed by atoms with Crippen molar-refractivity contribution < 1.29 is 9.59 Å². The molecular weight excluding hydrogens is 176 g/mol. The summed E-state index contributed by atoms with van der Waals surface area (Å²) in [7, 11) is 0. The fourth-order valence-electron chi connectivity index (χ4n) is 3.70. The van der Waals surface area contributed by atoms with Crippen LogP contribution in [0.1, 0.15) is 32.6 Å². The van der Waals surface area contributed by atoms with Gasteiger partial charge in [-0.2, -0.15) is 0 Å². The largest absolute Gasteiger partial charge is 0.299 e. The molecule has 3 aliphatic carbocycles. The zero-order valence-electron chi connectivity index (χ0n) is 8.38. The third-order valence-corrected chi connectivity index (χ3v) is 4.44. The number of Topliss-reactive ketones (excluding diaryl/α,β-unsaturated/α-hetero) is 1. The Bertz CT molecular complexity index is 367. The van der Waals surface area contributed by atoms with E-state index in [-0.39, 0.29) is 11.2 Å². The molecule has 2 fully saturated rings. The fourth-order valence-corrected chi connectivity index (χ4v) is 3.70. The number of allylic oxidation sites excluding steroid dienone is 2. The first kappa shape index (κ1) is 8.39. The first-order valence-electron chi connectivity index (χ1n) is 5.38. The summed E-state index contributed by atoms with van der Waals surface area (Å²) in [5, 5.41) is 0. The Morgan fingerprint density at radius 2 is 2.21 bits per heavy atom. The Morgan fingerprint density at radius 1 is 1.43 bits per heavy atom. The van der Waals surface area contributed by atoms with E-state index in [4.69, 9.17) is 0 Å². The lowest BCUT2D eigenvalue weighted by molar-refractivity contribution is -0.126. The molecule has 14 heavy (non-hydrogen) atoms. The molecular formula is C12H14O2. The Labute approximate surface area is 83.4 Å². The molecule has 0 unspecified atom stereocenters. The smallest absolute Gasteiger partial charge is 0.156 e. The molecule has 0 aliphatic heterocycles. The fraction of sp³-hybridized carbons (Fsp3) is 0.667. The average molecular weight is 190 g/mol. The normalized spacial score (nSPS) is 45.4. The number of rotatable bonds is 0. The standard InChI is InChI=1S/C12H14O2/c1-12-6-7-4-8(13)5-9(7)10(12)2-3-11(12)14/h4,9-10H,2-3,5-6H2,1H3/t9-,10-,12+/m0/s1. The number of hydrogen-bond acceptors (Lipinski definition) is 2. The zero-order chi connectivity index (χ0) is 9.92. The molecule has 3 rings (SSSR count). The number of carbonyl (C=O) groups excluding carboxylic acids is 2. The molecule has 2 nitrogen and oxygen atoms in total.